The lowest BCUT2D eigenvalue weighted by Crippen LogP contribution is -1.99. The van der Waals surface area contributed by atoms with Crippen LogP contribution in [0.15, 0.2) is 140 Å². The van der Waals surface area contributed by atoms with E-state index in [2.05, 4.69) is 188 Å². The number of rotatable bonds is 6. The first-order chi connectivity index (χ1) is 24.7. The van der Waals surface area contributed by atoms with Crippen LogP contribution in [0.5, 0.6) is 0 Å². The maximum atomic E-state index is 2.45. The first kappa shape index (κ1) is 32.7. The van der Waals surface area contributed by atoms with Crippen molar-refractivity contribution in [1.29, 1.82) is 0 Å². The van der Waals surface area contributed by atoms with E-state index in [-0.39, 0.29) is 0 Å². The van der Waals surface area contributed by atoms with Crippen LogP contribution in [0.4, 0.5) is 0 Å². The molecule has 0 aliphatic rings. The SMILES string of the molecule is Cc1ccc2c(-c3ccccc3)c3c(-c4ccc(C(C)C)cc4)c4cc(C)c(C)cc4c(-c4ccccc4)c3c(-c3ccc(C(C)C)cc3)c2c1. The second kappa shape index (κ2) is 13.0. The number of hydrogen-bond acceptors (Lipinski definition) is 0. The van der Waals surface area contributed by atoms with E-state index < -0.39 is 0 Å². The van der Waals surface area contributed by atoms with Crippen molar-refractivity contribution >= 4 is 32.3 Å². The van der Waals surface area contributed by atoms with Crippen LogP contribution in [-0.4, -0.2) is 0 Å². The van der Waals surface area contributed by atoms with E-state index in [0.717, 1.165) is 0 Å². The van der Waals surface area contributed by atoms with E-state index in [1.165, 1.54) is 105 Å². The quantitative estimate of drug-likeness (QED) is 0.156. The molecule has 0 radical (unpaired) electrons. The van der Waals surface area contributed by atoms with Crippen molar-refractivity contribution in [2.75, 3.05) is 0 Å². The molecule has 0 unspecified atom stereocenters. The van der Waals surface area contributed by atoms with Crippen LogP contribution >= 0.6 is 0 Å². The third kappa shape index (κ3) is 5.64. The van der Waals surface area contributed by atoms with Crippen LogP contribution in [-0.2, 0) is 0 Å². The minimum Gasteiger partial charge on any atom is -0.0622 e. The largest absolute Gasteiger partial charge is 0.0622 e. The molecule has 0 N–H and O–H groups in total. The van der Waals surface area contributed by atoms with E-state index in [1.807, 2.05) is 0 Å². The van der Waals surface area contributed by atoms with Gasteiger partial charge in [0.05, 0.1) is 0 Å². The van der Waals surface area contributed by atoms with E-state index in [9.17, 15) is 0 Å². The molecular formula is C51H46. The normalized spacial score (nSPS) is 11.8. The molecule has 0 saturated heterocycles. The summed E-state index contributed by atoms with van der Waals surface area (Å²) in [5, 5.41) is 7.79. The van der Waals surface area contributed by atoms with Gasteiger partial charge in [0, 0.05) is 0 Å². The lowest BCUT2D eigenvalue weighted by Gasteiger charge is -2.26. The summed E-state index contributed by atoms with van der Waals surface area (Å²) in [5.74, 6) is 0.927. The van der Waals surface area contributed by atoms with Gasteiger partial charge < -0.3 is 0 Å². The average molecular weight is 659 g/mol. The van der Waals surface area contributed by atoms with Gasteiger partial charge >= 0.3 is 0 Å². The van der Waals surface area contributed by atoms with Gasteiger partial charge in [-0.05, 0) is 132 Å². The first-order valence-corrected chi connectivity index (χ1v) is 18.5. The molecule has 0 heteroatoms. The van der Waals surface area contributed by atoms with Gasteiger partial charge in [0.25, 0.3) is 0 Å². The van der Waals surface area contributed by atoms with Crippen molar-refractivity contribution in [3.63, 3.8) is 0 Å². The molecule has 0 spiro atoms. The molecule has 0 bridgehead atoms. The lowest BCUT2D eigenvalue weighted by molar-refractivity contribution is 0.867. The number of benzene rings is 8. The van der Waals surface area contributed by atoms with Crippen molar-refractivity contribution in [3.05, 3.63) is 167 Å². The summed E-state index contributed by atoms with van der Waals surface area (Å²) in [6.07, 6.45) is 0. The Morgan fingerprint density at radius 2 is 0.686 bits per heavy atom. The predicted molar refractivity (Wildman–Crippen MR) is 223 cm³/mol. The maximum absolute atomic E-state index is 2.45. The summed E-state index contributed by atoms with van der Waals surface area (Å²) in [6, 6.07) is 53.0. The highest BCUT2D eigenvalue weighted by Gasteiger charge is 2.26. The van der Waals surface area contributed by atoms with Crippen LogP contribution in [0.1, 0.15) is 67.3 Å². The second-order valence-corrected chi connectivity index (χ2v) is 15.1. The molecular weight excluding hydrogens is 613 g/mol. The van der Waals surface area contributed by atoms with Gasteiger partial charge in [-0.3, -0.25) is 0 Å². The number of aryl methyl sites for hydroxylation is 3. The van der Waals surface area contributed by atoms with Crippen LogP contribution in [0.25, 0.3) is 76.8 Å². The Morgan fingerprint density at radius 1 is 0.333 bits per heavy atom. The highest BCUT2D eigenvalue weighted by molar-refractivity contribution is 6.34. The molecule has 0 fully saturated rings. The predicted octanol–water partition coefficient (Wildman–Crippen LogP) is 15.0. The maximum Gasteiger partial charge on any atom is -0.000139 e. The van der Waals surface area contributed by atoms with Crippen LogP contribution < -0.4 is 0 Å². The Hall–Kier alpha value is -5.46. The topological polar surface area (TPSA) is 0 Å². The smallest absolute Gasteiger partial charge is 0.000139 e. The minimum atomic E-state index is 0.463. The molecule has 8 aromatic carbocycles. The fourth-order valence-electron chi connectivity index (χ4n) is 8.08. The average Bonchev–Trinajstić information content (AvgIpc) is 3.14. The molecule has 0 amide bonds. The van der Waals surface area contributed by atoms with Crippen LogP contribution in [0.3, 0.4) is 0 Å². The molecule has 0 aliphatic heterocycles. The molecule has 0 aromatic heterocycles. The van der Waals surface area contributed by atoms with Crippen molar-refractivity contribution in [1.82, 2.24) is 0 Å². The van der Waals surface area contributed by atoms with Gasteiger partial charge in [-0.1, -0.05) is 173 Å². The second-order valence-electron chi connectivity index (χ2n) is 15.1. The summed E-state index contributed by atoms with van der Waals surface area (Å²) < 4.78 is 0. The highest BCUT2D eigenvalue weighted by Crippen LogP contribution is 2.54. The zero-order valence-electron chi connectivity index (χ0n) is 30.9. The van der Waals surface area contributed by atoms with Gasteiger partial charge in [-0.15, -0.1) is 0 Å². The summed E-state index contributed by atoms with van der Waals surface area (Å²) in [5.41, 5.74) is 16.8. The lowest BCUT2D eigenvalue weighted by atomic mass is 9.76. The fraction of sp³-hybridized carbons (Fsp3) is 0.176. The molecule has 8 aromatic rings. The zero-order valence-corrected chi connectivity index (χ0v) is 30.9. The monoisotopic (exact) mass is 658 g/mol. The van der Waals surface area contributed by atoms with Crippen LogP contribution in [0, 0.1) is 20.8 Å². The fourth-order valence-corrected chi connectivity index (χ4v) is 8.08. The molecule has 0 saturated carbocycles. The summed E-state index contributed by atoms with van der Waals surface area (Å²) >= 11 is 0. The highest BCUT2D eigenvalue weighted by atomic mass is 14.3. The molecule has 0 atom stereocenters. The molecule has 250 valence electrons. The minimum absolute atomic E-state index is 0.463. The van der Waals surface area contributed by atoms with Crippen molar-refractivity contribution in [2.45, 2.75) is 60.3 Å². The Kier molecular flexibility index (Phi) is 8.35. The van der Waals surface area contributed by atoms with Gasteiger partial charge in [-0.2, -0.15) is 0 Å². The van der Waals surface area contributed by atoms with Gasteiger partial charge in [0.1, 0.15) is 0 Å². The Labute approximate surface area is 303 Å². The third-order valence-corrected chi connectivity index (χ3v) is 11.0. The summed E-state index contributed by atoms with van der Waals surface area (Å²) in [6.45, 7) is 15.9. The first-order valence-electron chi connectivity index (χ1n) is 18.5. The molecule has 0 aliphatic carbocycles. The molecule has 51 heavy (non-hydrogen) atoms. The molecule has 8 rings (SSSR count). The number of fused-ring (bicyclic) bond motifs is 3. The Balaban J connectivity index is 1.73. The third-order valence-electron chi connectivity index (χ3n) is 11.0. The van der Waals surface area contributed by atoms with Gasteiger partial charge in [-0.25, -0.2) is 0 Å². The van der Waals surface area contributed by atoms with Crippen molar-refractivity contribution in [3.8, 4) is 44.5 Å². The summed E-state index contributed by atoms with van der Waals surface area (Å²) in [4.78, 5) is 0. The zero-order chi connectivity index (χ0) is 35.4. The van der Waals surface area contributed by atoms with Crippen molar-refractivity contribution in [2.24, 2.45) is 0 Å². The Bertz CT molecular complexity index is 2550. The Morgan fingerprint density at radius 3 is 1.08 bits per heavy atom. The van der Waals surface area contributed by atoms with Crippen molar-refractivity contribution < 1.29 is 0 Å². The van der Waals surface area contributed by atoms with E-state index in [0.29, 0.717) is 11.8 Å². The van der Waals surface area contributed by atoms with Crippen LogP contribution in [0.2, 0.25) is 0 Å². The van der Waals surface area contributed by atoms with Gasteiger partial charge in [0.2, 0.25) is 0 Å². The summed E-state index contributed by atoms with van der Waals surface area (Å²) in [7, 11) is 0. The number of hydrogen-bond donors (Lipinski definition) is 0. The van der Waals surface area contributed by atoms with E-state index in [4.69, 9.17) is 0 Å². The van der Waals surface area contributed by atoms with Gasteiger partial charge in [0.15, 0.2) is 0 Å². The molecule has 0 nitrogen and oxygen atoms in total. The van der Waals surface area contributed by atoms with E-state index >= 15 is 0 Å². The molecule has 0 heterocycles. The van der Waals surface area contributed by atoms with E-state index in [1.54, 1.807) is 0 Å². The standard InChI is InChI=1S/C51H46/c1-31(2)36-19-23-40(24-20-36)48-43-28-33(5)18-27-42(43)46(38-14-10-8-11-15-38)50-49(41-25-21-37(22-26-41)32(3)4)45-30-35(7)34(6)29-44(45)47(51(48)50)39-16-12-9-13-17-39/h8-32H,1-7H3.